The van der Waals surface area contributed by atoms with E-state index in [4.69, 9.17) is 9.47 Å². The minimum absolute atomic E-state index is 0.0167. The first-order valence-corrected chi connectivity index (χ1v) is 6.91. The maximum atomic E-state index is 9.77. The Hall–Kier alpha value is -1.14. The van der Waals surface area contributed by atoms with Crippen LogP contribution in [-0.2, 0) is 4.74 Å². The maximum absolute atomic E-state index is 9.77. The van der Waals surface area contributed by atoms with Crippen molar-refractivity contribution in [2.24, 2.45) is 0 Å². The highest BCUT2D eigenvalue weighted by molar-refractivity contribution is 5.30. The third-order valence-corrected chi connectivity index (χ3v) is 3.73. The zero-order valence-corrected chi connectivity index (χ0v) is 12.4. The summed E-state index contributed by atoms with van der Waals surface area (Å²) >= 11 is 0. The summed E-state index contributed by atoms with van der Waals surface area (Å²) in [6.45, 7) is 1.74. The van der Waals surface area contributed by atoms with E-state index in [9.17, 15) is 5.11 Å². The average molecular weight is 280 g/mol. The van der Waals surface area contributed by atoms with E-state index in [1.54, 1.807) is 7.11 Å². The van der Waals surface area contributed by atoms with Gasteiger partial charge in [-0.15, -0.1) is 0 Å². The van der Waals surface area contributed by atoms with Gasteiger partial charge in [-0.05, 0) is 31.8 Å². The minimum Gasteiger partial charge on any atom is -0.497 e. The summed E-state index contributed by atoms with van der Waals surface area (Å²) < 4.78 is 10.5. The molecule has 1 aromatic rings. The van der Waals surface area contributed by atoms with E-state index in [0.29, 0.717) is 13.2 Å². The van der Waals surface area contributed by atoms with Gasteiger partial charge in [0.05, 0.1) is 32.5 Å². The van der Waals surface area contributed by atoms with E-state index in [0.717, 1.165) is 12.3 Å². The van der Waals surface area contributed by atoms with E-state index in [1.807, 2.05) is 32.3 Å². The summed E-state index contributed by atoms with van der Waals surface area (Å²) in [5, 5.41) is 13.2. The van der Waals surface area contributed by atoms with Gasteiger partial charge >= 0.3 is 0 Å². The number of aliphatic hydroxyl groups is 1. The van der Waals surface area contributed by atoms with E-state index in [-0.39, 0.29) is 12.1 Å². The number of nitrogens with one attached hydrogen (secondary N) is 1. The number of methoxy groups -OCH3 is 1. The zero-order chi connectivity index (χ0) is 14.5. The molecule has 5 heteroatoms. The number of nitrogens with zero attached hydrogens (tertiary/aromatic N) is 1. The van der Waals surface area contributed by atoms with Gasteiger partial charge in [-0.2, -0.15) is 0 Å². The van der Waals surface area contributed by atoms with Gasteiger partial charge in [-0.1, -0.05) is 12.1 Å². The Morgan fingerprint density at radius 3 is 2.85 bits per heavy atom. The third kappa shape index (κ3) is 3.70. The second-order valence-electron chi connectivity index (χ2n) is 5.38. The van der Waals surface area contributed by atoms with Gasteiger partial charge in [0.25, 0.3) is 0 Å². The van der Waals surface area contributed by atoms with Crippen molar-refractivity contribution in [2.75, 3.05) is 41.0 Å². The van der Waals surface area contributed by atoms with Crippen LogP contribution in [0, 0.1) is 0 Å². The Morgan fingerprint density at radius 1 is 1.45 bits per heavy atom. The number of rotatable bonds is 6. The van der Waals surface area contributed by atoms with Crippen LogP contribution in [0.4, 0.5) is 0 Å². The molecule has 5 nitrogen and oxygen atoms in total. The summed E-state index contributed by atoms with van der Waals surface area (Å²) in [6, 6.07) is 8.32. The quantitative estimate of drug-likeness (QED) is 0.801. The second kappa shape index (κ2) is 7.04. The van der Waals surface area contributed by atoms with Crippen LogP contribution in [0.3, 0.4) is 0 Å². The molecule has 112 valence electrons. The smallest absolute Gasteiger partial charge is 0.119 e. The average Bonchev–Trinajstić information content (AvgIpc) is 2.84. The third-order valence-electron chi connectivity index (χ3n) is 3.73. The molecule has 0 spiro atoms. The van der Waals surface area contributed by atoms with Crippen molar-refractivity contribution in [3.63, 3.8) is 0 Å². The normalized spacial score (nSPS) is 24.1. The van der Waals surface area contributed by atoms with Gasteiger partial charge in [0, 0.05) is 12.6 Å². The molecule has 1 aromatic carbocycles. The lowest BCUT2D eigenvalue weighted by atomic mass is 10.0. The monoisotopic (exact) mass is 280 g/mol. The molecular formula is C15H24N2O3. The van der Waals surface area contributed by atoms with Crippen LogP contribution in [0.25, 0.3) is 0 Å². The fourth-order valence-corrected chi connectivity index (χ4v) is 2.45. The Balaban J connectivity index is 2.02. The van der Waals surface area contributed by atoms with Gasteiger partial charge in [-0.3, -0.25) is 0 Å². The van der Waals surface area contributed by atoms with Crippen LogP contribution in [0.1, 0.15) is 11.6 Å². The molecule has 0 aromatic heterocycles. The van der Waals surface area contributed by atoms with Gasteiger partial charge in [0.15, 0.2) is 0 Å². The molecule has 1 aliphatic rings. The summed E-state index contributed by atoms with van der Waals surface area (Å²) in [5.41, 5.74) is 1.19. The second-order valence-corrected chi connectivity index (χ2v) is 5.38. The Bertz CT molecular complexity index is 425. The maximum Gasteiger partial charge on any atom is 0.119 e. The summed E-state index contributed by atoms with van der Waals surface area (Å²) in [4.78, 5) is 2.16. The molecule has 0 saturated carbocycles. The number of aliphatic hydroxyl groups excluding tert-OH is 1. The lowest BCUT2D eigenvalue weighted by Gasteiger charge is -2.27. The largest absolute Gasteiger partial charge is 0.497 e. The zero-order valence-electron chi connectivity index (χ0n) is 12.4. The van der Waals surface area contributed by atoms with Crippen molar-refractivity contribution in [3.05, 3.63) is 29.8 Å². The summed E-state index contributed by atoms with van der Waals surface area (Å²) in [7, 11) is 5.77. The van der Waals surface area contributed by atoms with Crippen LogP contribution in [-0.4, -0.2) is 63.1 Å². The van der Waals surface area contributed by atoms with Gasteiger partial charge in [0.1, 0.15) is 5.75 Å². The van der Waals surface area contributed by atoms with E-state index in [1.165, 1.54) is 5.56 Å². The molecule has 0 aliphatic carbocycles. The van der Waals surface area contributed by atoms with Crippen molar-refractivity contribution in [3.8, 4) is 5.75 Å². The number of ether oxygens (including phenoxy) is 2. The van der Waals surface area contributed by atoms with Gasteiger partial charge in [0.2, 0.25) is 0 Å². The van der Waals surface area contributed by atoms with Crippen molar-refractivity contribution in [1.82, 2.24) is 10.2 Å². The van der Waals surface area contributed by atoms with E-state index in [2.05, 4.69) is 16.3 Å². The van der Waals surface area contributed by atoms with Crippen LogP contribution in [0.15, 0.2) is 24.3 Å². The molecule has 3 unspecified atom stereocenters. The topological polar surface area (TPSA) is 54.0 Å². The molecule has 2 rings (SSSR count). The standard InChI is InChI=1S/C15H24N2O3/c1-17(2)14(8-16-13-9-20-10-15(13)18)11-5-4-6-12(7-11)19-3/h4-7,13-16,18H,8-10H2,1-3H3. The predicted molar refractivity (Wildman–Crippen MR) is 78.0 cm³/mol. The number of hydrogen-bond acceptors (Lipinski definition) is 5. The van der Waals surface area contributed by atoms with Crippen molar-refractivity contribution < 1.29 is 14.6 Å². The molecule has 0 amide bonds. The lowest BCUT2D eigenvalue weighted by molar-refractivity contribution is 0.121. The molecule has 0 bridgehead atoms. The summed E-state index contributed by atoms with van der Waals surface area (Å²) in [5.74, 6) is 0.860. The summed E-state index contributed by atoms with van der Waals surface area (Å²) in [6.07, 6.45) is -0.414. The first-order chi connectivity index (χ1) is 9.61. The lowest BCUT2D eigenvalue weighted by Crippen LogP contribution is -2.43. The molecule has 2 N–H and O–H groups in total. The highest BCUT2D eigenvalue weighted by Gasteiger charge is 2.27. The molecule has 1 fully saturated rings. The highest BCUT2D eigenvalue weighted by atomic mass is 16.5. The molecule has 1 saturated heterocycles. The van der Waals surface area contributed by atoms with E-state index >= 15 is 0 Å². The van der Waals surface area contributed by atoms with Gasteiger partial charge < -0.3 is 24.8 Å². The minimum atomic E-state index is -0.414. The molecule has 20 heavy (non-hydrogen) atoms. The first kappa shape index (κ1) is 15.3. The Kier molecular flexibility index (Phi) is 5.37. The van der Waals surface area contributed by atoms with Crippen LogP contribution in [0.2, 0.25) is 0 Å². The van der Waals surface area contributed by atoms with Crippen LogP contribution in [0.5, 0.6) is 5.75 Å². The molecule has 1 aliphatic heterocycles. The van der Waals surface area contributed by atoms with Crippen LogP contribution >= 0.6 is 0 Å². The fourth-order valence-electron chi connectivity index (χ4n) is 2.45. The van der Waals surface area contributed by atoms with Gasteiger partial charge in [-0.25, -0.2) is 0 Å². The predicted octanol–water partition coefficient (Wildman–Crippen LogP) is 0.647. The molecular weight excluding hydrogens is 256 g/mol. The molecule has 3 atom stereocenters. The van der Waals surface area contributed by atoms with Crippen LogP contribution < -0.4 is 10.1 Å². The SMILES string of the molecule is COc1cccc(C(CNC2COCC2O)N(C)C)c1. The Labute approximate surface area is 120 Å². The number of hydrogen-bond donors (Lipinski definition) is 2. The number of benzene rings is 1. The van der Waals surface area contributed by atoms with Crippen molar-refractivity contribution >= 4 is 0 Å². The first-order valence-electron chi connectivity index (χ1n) is 6.91. The number of likely N-dealkylation sites (N-methyl/N-ethyl adjacent to an activating group) is 1. The molecule has 0 radical (unpaired) electrons. The fraction of sp³-hybridized carbons (Fsp3) is 0.600. The van der Waals surface area contributed by atoms with Crippen molar-refractivity contribution in [1.29, 1.82) is 0 Å². The highest BCUT2D eigenvalue weighted by Crippen LogP contribution is 2.22. The van der Waals surface area contributed by atoms with E-state index < -0.39 is 6.10 Å². The van der Waals surface area contributed by atoms with Crippen molar-refractivity contribution in [2.45, 2.75) is 18.2 Å². The molecule has 1 heterocycles. The Morgan fingerprint density at radius 2 is 2.25 bits per heavy atom.